The minimum absolute atomic E-state index is 0. The van der Waals surface area contributed by atoms with Crippen molar-refractivity contribution in [2.75, 3.05) is 33.5 Å². The van der Waals surface area contributed by atoms with E-state index in [-0.39, 0.29) is 28.9 Å². The monoisotopic (exact) mass is 571 g/mol. The van der Waals surface area contributed by atoms with Crippen LogP contribution in [0.2, 0.25) is 0 Å². The predicted molar refractivity (Wildman–Crippen MR) is 125 cm³/mol. The highest BCUT2D eigenvalue weighted by atomic mass is 127. The number of sulfone groups is 1. The Morgan fingerprint density at radius 1 is 1.10 bits per heavy atom. The third-order valence-corrected chi connectivity index (χ3v) is 5.31. The summed E-state index contributed by atoms with van der Waals surface area (Å²) in [5, 5.41) is 3.11. The second kappa shape index (κ2) is 11.6. The predicted octanol–water partition coefficient (Wildman–Crippen LogP) is 3.81. The molecule has 31 heavy (non-hydrogen) atoms. The van der Waals surface area contributed by atoms with E-state index in [1.807, 2.05) is 0 Å². The van der Waals surface area contributed by atoms with Gasteiger partial charge in [0.2, 0.25) is 0 Å². The van der Waals surface area contributed by atoms with Gasteiger partial charge in [-0.05, 0) is 42.0 Å². The molecule has 0 bridgehead atoms. The number of alkyl halides is 3. The number of nitrogens with zero attached hydrogens (tertiary/aromatic N) is 2. The molecule has 0 aromatic heterocycles. The van der Waals surface area contributed by atoms with Crippen molar-refractivity contribution in [3.63, 3.8) is 0 Å². The normalized spacial score (nSPS) is 12.1. The van der Waals surface area contributed by atoms with E-state index in [0.717, 1.165) is 24.0 Å². The van der Waals surface area contributed by atoms with Crippen LogP contribution in [0.1, 0.15) is 11.1 Å². The second-order valence-electron chi connectivity index (χ2n) is 6.62. The number of nitrogens with one attached hydrogen (secondary N) is 1. The number of ether oxygens (including phenoxy) is 1. The van der Waals surface area contributed by atoms with Crippen LogP contribution in [0.5, 0.6) is 5.75 Å². The minimum Gasteiger partial charge on any atom is -0.492 e. The lowest BCUT2D eigenvalue weighted by molar-refractivity contribution is -0.137. The first-order valence-corrected chi connectivity index (χ1v) is 10.9. The van der Waals surface area contributed by atoms with Crippen LogP contribution < -0.4 is 10.1 Å². The van der Waals surface area contributed by atoms with Crippen LogP contribution in [-0.2, 0) is 22.6 Å². The molecular formula is C20H25F3IN3O3S. The van der Waals surface area contributed by atoms with Gasteiger partial charge in [0.25, 0.3) is 0 Å². The van der Waals surface area contributed by atoms with Gasteiger partial charge in [0.05, 0.1) is 17.0 Å². The summed E-state index contributed by atoms with van der Waals surface area (Å²) in [5.41, 5.74) is 0.0359. The summed E-state index contributed by atoms with van der Waals surface area (Å²) in [6, 6.07) is 11.1. The van der Waals surface area contributed by atoms with Gasteiger partial charge in [-0.25, -0.2) is 8.42 Å². The fourth-order valence-corrected chi connectivity index (χ4v) is 3.28. The summed E-state index contributed by atoms with van der Waals surface area (Å²) in [7, 11) is 0.134. The van der Waals surface area contributed by atoms with Crippen LogP contribution in [0.15, 0.2) is 58.4 Å². The molecule has 11 heteroatoms. The van der Waals surface area contributed by atoms with E-state index in [0.29, 0.717) is 31.4 Å². The average Bonchev–Trinajstić information content (AvgIpc) is 2.67. The van der Waals surface area contributed by atoms with Crippen molar-refractivity contribution in [1.82, 2.24) is 10.2 Å². The maximum atomic E-state index is 12.7. The van der Waals surface area contributed by atoms with E-state index in [1.165, 1.54) is 24.3 Å². The Hall–Kier alpha value is -2.02. The number of guanidine groups is 1. The standard InChI is InChI=1S/C20H24F3N3O3S.HI/c1-24-19(26(2)14-15-4-6-16(7-5-15)20(21,22)23)25-12-13-29-17-8-10-18(11-9-17)30(3,27)28;/h4-11H,12-14H2,1-3H3,(H,24,25);1H. The molecule has 6 nitrogen and oxygen atoms in total. The number of rotatable bonds is 7. The maximum Gasteiger partial charge on any atom is 0.416 e. The fraction of sp³-hybridized carbons (Fsp3) is 0.350. The van der Waals surface area contributed by atoms with Gasteiger partial charge in [0.1, 0.15) is 12.4 Å². The Morgan fingerprint density at radius 2 is 1.68 bits per heavy atom. The number of benzene rings is 2. The smallest absolute Gasteiger partial charge is 0.416 e. The summed E-state index contributed by atoms with van der Waals surface area (Å²) in [6.45, 7) is 1.12. The molecule has 0 radical (unpaired) electrons. The molecule has 2 rings (SSSR count). The third-order valence-electron chi connectivity index (χ3n) is 4.18. The molecule has 0 unspecified atom stereocenters. The van der Waals surface area contributed by atoms with Crippen LogP contribution in [-0.4, -0.2) is 52.8 Å². The Bertz CT molecular complexity index is 964. The zero-order chi connectivity index (χ0) is 22.4. The number of halogens is 4. The summed E-state index contributed by atoms with van der Waals surface area (Å²) in [4.78, 5) is 6.16. The molecule has 0 saturated heterocycles. The lowest BCUT2D eigenvalue weighted by Crippen LogP contribution is -2.40. The fourth-order valence-electron chi connectivity index (χ4n) is 2.65. The number of hydrogen-bond acceptors (Lipinski definition) is 4. The Balaban J connectivity index is 0.00000480. The maximum absolute atomic E-state index is 12.7. The van der Waals surface area contributed by atoms with Crippen molar-refractivity contribution in [2.45, 2.75) is 17.6 Å². The molecule has 0 heterocycles. The highest BCUT2D eigenvalue weighted by Gasteiger charge is 2.29. The summed E-state index contributed by atoms with van der Waals surface area (Å²) in [6.07, 6.45) is -3.22. The molecule has 0 aliphatic heterocycles. The number of aliphatic imine (C=N–C) groups is 1. The van der Waals surface area contributed by atoms with E-state index in [9.17, 15) is 21.6 Å². The van der Waals surface area contributed by atoms with Gasteiger partial charge in [-0.1, -0.05) is 12.1 Å². The second-order valence-corrected chi connectivity index (χ2v) is 8.63. The topological polar surface area (TPSA) is 71.0 Å². The first-order chi connectivity index (χ1) is 14.0. The van der Waals surface area contributed by atoms with Gasteiger partial charge in [0.15, 0.2) is 15.8 Å². The van der Waals surface area contributed by atoms with Crippen LogP contribution in [0, 0.1) is 0 Å². The number of hydrogen-bond donors (Lipinski definition) is 1. The van der Waals surface area contributed by atoms with Crippen LogP contribution in [0.25, 0.3) is 0 Å². The third kappa shape index (κ3) is 8.56. The molecule has 0 saturated carbocycles. The minimum atomic E-state index is -4.35. The Kier molecular flexibility index (Phi) is 10.1. The van der Waals surface area contributed by atoms with Crippen LogP contribution in [0.4, 0.5) is 13.2 Å². The highest BCUT2D eigenvalue weighted by molar-refractivity contribution is 14.0. The van der Waals surface area contributed by atoms with Crippen molar-refractivity contribution in [1.29, 1.82) is 0 Å². The average molecular weight is 571 g/mol. The quantitative estimate of drug-likeness (QED) is 0.237. The molecule has 172 valence electrons. The lowest BCUT2D eigenvalue weighted by atomic mass is 10.1. The van der Waals surface area contributed by atoms with Gasteiger partial charge in [0, 0.05) is 26.9 Å². The summed E-state index contributed by atoms with van der Waals surface area (Å²) < 4.78 is 66.4. The van der Waals surface area contributed by atoms with Gasteiger partial charge >= 0.3 is 6.18 Å². The van der Waals surface area contributed by atoms with E-state index >= 15 is 0 Å². The van der Waals surface area contributed by atoms with Crippen molar-refractivity contribution in [2.24, 2.45) is 4.99 Å². The molecule has 1 N–H and O–H groups in total. The molecule has 0 amide bonds. The summed E-state index contributed by atoms with van der Waals surface area (Å²) in [5.74, 6) is 1.10. The lowest BCUT2D eigenvalue weighted by Gasteiger charge is -2.22. The van der Waals surface area contributed by atoms with Crippen molar-refractivity contribution in [3.05, 3.63) is 59.7 Å². The molecule has 0 spiro atoms. The molecule has 0 aliphatic carbocycles. The largest absolute Gasteiger partial charge is 0.492 e. The SMILES string of the molecule is CN=C(NCCOc1ccc(S(C)(=O)=O)cc1)N(C)Cc1ccc(C(F)(F)F)cc1.I. The Morgan fingerprint density at radius 3 is 2.16 bits per heavy atom. The van der Waals surface area contributed by atoms with E-state index in [1.54, 1.807) is 31.1 Å². The molecule has 0 aliphatic rings. The van der Waals surface area contributed by atoms with Crippen molar-refractivity contribution >= 4 is 39.8 Å². The van der Waals surface area contributed by atoms with E-state index in [4.69, 9.17) is 4.74 Å². The molecule has 2 aromatic carbocycles. The van der Waals surface area contributed by atoms with Gasteiger partial charge < -0.3 is 15.0 Å². The van der Waals surface area contributed by atoms with Crippen molar-refractivity contribution < 1.29 is 26.3 Å². The van der Waals surface area contributed by atoms with E-state index < -0.39 is 21.6 Å². The van der Waals surface area contributed by atoms with Gasteiger partial charge in [-0.2, -0.15) is 13.2 Å². The molecule has 0 fully saturated rings. The summed E-state index contributed by atoms with van der Waals surface area (Å²) >= 11 is 0. The highest BCUT2D eigenvalue weighted by Crippen LogP contribution is 2.29. The molecular weight excluding hydrogens is 546 g/mol. The van der Waals surface area contributed by atoms with Gasteiger partial charge in [-0.3, -0.25) is 4.99 Å². The first-order valence-electron chi connectivity index (χ1n) is 9.01. The van der Waals surface area contributed by atoms with Crippen molar-refractivity contribution in [3.8, 4) is 5.75 Å². The van der Waals surface area contributed by atoms with Crippen LogP contribution >= 0.6 is 24.0 Å². The zero-order valence-corrected chi connectivity index (χ0v) is 20.5. The first kappa shape index (κ1) is 27.0. The van der Waals surface area contributed by atoms with E-state index in [2.05, 4.69) is 10.3 Å². The Labute approximate surface area is 197 Å². The molecule has 2 aromatic rings. The van der Waals surface area contributed by atoms with Crippen LogP contribution in [0.3, 0.4) is 0 Å². The zero-order valence-electron chi connectivity index (χ0n) is 17.3. The molecule has 0 atom stereocenters. The van der Waals surface area contributed by atoms with Gasteiger partial charge in [-0.15, -0.1) is 24.0 Å².